The zero-order chi connectivity index (χ0) is 47.2. The summed E-state index contributed by atoms with van der Waals surface area (Å²) in [6.45, 7) is 4.88. The lowest BCUT2D eigenvalue weighted by molar-refractivity contribution is -0.143. The smallest absolute Gasteiger partial charge is 0.305 e. The molecule has 0 heterocycles. The van der Waals surface area contributed by atoms with Gasteiger partial charge < -0.3 is 20.3 Å². The van der Waals surface area contributed by atoms with Crippen molar-refractivity contribution in [2.75, 3.05) is 13.2 Å². The minimum atomic E-state index is -0.842. The SMILES string of the molecule is CCCCCCCCC/C=C/C(O)C(CO)NC(=O)CCCCCCCCCCCC/C=C\CCCCCCCCCCCCCCOC(=O)CCCCCCCCCCCCCCC. The molecular formula is C59H113NO5. The second-order valence-electron chi connectivity index (χ2n) is 20.0. The van der Waals surface area contributed by atoms with Crippen molar-refractivity contribution in [3.05, 3.63) is 24.3 Å². The number of nitrogens with one attached hydrogen (secondary N) is 1. The predicted octanol–water partition coefficient (Wildman–Crippen LogP) is 17.9. The third-order valence-corrected chi connectivity index (χ3v) is 13.5. The molecule has 3 N–H and O–H groups in total. The maximum atomic E-state index is 12.4. The minimum Gasteiger partial charge on any atom is -0.466 e. The first kappa shape index (κ1) is 63.3. The molecule has 384 valence electrons. The van der Waals surface area contributed by atoms with Crippen molar-refractivity contribution < 1.29 is 24.5 Å². The summed E-state index contributed by atoms with van der Waals surface area (Å²) >= 11 is 0. The molecule has 6 heteroatoms. The molecule has 0 aromatic heterocycles. The number of esters is 1. The van der Waals surface area contributed by atoms with Gasteiger partial charge in [-0.05, 0) is 57.8 Å². The van der Waals surface area contributed by atoms with Crippen LogP contribution in [0.1, 0.15) is 316 Å². The van der Waals surface area contributed by atoms with E-state index in [0.29, 0.717) is 19.4 Å². The molecule has 0 saturated heterocycles. The number of amides is 1. The van der Waals surface area contributed by atoms with E-state index in [0.717, 1.165) is 38.5 Å². The van der Waals surface area contributed by atoms with Gasteiger partial charge >= 0.3 is 5.97 Å². The Bertz CT molecular complexity index is 1010. The summed E-state index contributed by atoms with van der Waals surface area (Å²) in [6, 6.07) is -0.626. The van der Waals surface area contributed by atoms with Crippen molar-refractivity contribution in [1.29, 1.82) is 0 Å². The molecule has 65 heavy (non-hydrogen) atoms. The highest BCUT2D eigenvalue weighted by atomic mass is 16.5. The Balaban J connectivity index is 3.37. The summed E-state index contributed by atoms with van der Waals surface area (Å²) in [5.74, 6) is -0.0568. The number of carbonyl (C=O) groups excluding carboxylic acids is 2. The van der Waals surface area contributed by atoms with Crippen molar-refractivity contribution in [2.24, 2.45) is 0 Å². The largest absolute Gasteiger partial charge is 0.466 e. The average Bonchev–Trinajstić information content (AvgIpc) is 3.31. The Labute approximate surface area is 405 Å². The molecule has 0 saturated carbocycles. The summed E-state index contributed by atoms with van der Waals surface area (Å²) < 4.78 is 5.48. The van der Waals surface area contributed by atoms with Crippen LogP contribution in [0.25, 0.3) is 0 Å². The first-order valence-electron chi connectivity index (χ1n) is 29.1. The van der Waals surface area contributed by atoms with Gasteiger partial charge in [0.05, 0.1) is 25.4 Å². The lowest BCUT2D eigenvalue weighted by Crippen LogP contribution is -2.45. The lowest BCUT2D eigenvalue weighted by atomic mass is 10.0. The molecule has 0 spiro atoms. The number of carbonyl (C=O) groups is 2. The van der Waals surface area contributed by atoms with Crippen LogP contribution in [0.4, 0.5) is 0 Å². The summed E-state index contributed by atoms with van der Waals surface area (Å²) in [5.41, 5.74) is 0. The third kappa shape index (κ3) is 51.6. The first-order chi connectivity index (χ1) is 32.0. The van der Waals surface area contributed by atoms with Gasteiger partial charge in [-0.2, -0.15) is 0 Å². The van der Waals surface area contributed by atoms with Crippen LogP contribution in [0.15, 0.2) is 24.3 Å². The van der Waals surface area contributed by atoms with Crippen LogP contribution in [-0.2, 0) is 14.3 Å². The number of unbranched alkanes of at least 4 members (excludes halogenated alkanes) is 41. The van der Waals surface area contributed by atoms with E-state index in [1.807, 2.05) is 6.08 Å². The molecule has 0 rings (SSSR count). The van der Waals surface area contributed by atoms with Gasteiger partial charge in [-0.1, -0.05) is 269 Å². The van der Waals surface area contributed by atoms with E-state index in [1.165, 1.54) is 250 Å². The van der Waals surface area contributed by atoms with Gasteiger partial charge in [0.25, 0.3) is 0 Å². The Morgan fingerprint density at radius 2 is 0.723 bits per heavy atom. The molecule has 1 amide bonds. The van der Waals surface area contributed by atoms with Crippen LogP contribution in [-0.4, -0.2) is 47.4 Å². The van der Waals surface area contributed by atoms with Crippen LogP contribution in [0.5, 0.6) is 0 Å². The van der Waals surface area contributed by atoms with Gasteiger partial charge in [-0.15, -0.1) is 0 Å². The molecule has 2 atom stereocenters. The first-order valence-corrected chi connectivity index (χ1v) is 29.1. The average molecular weight is 917 g/mol. The van der Waals surface area contributed by atoms with Crippen molar-refractivity contribution >= 4 is 11.9 Å². The predicted molar refractivity (Wildman–Crippen MR) is 283 cm³/mol. The zero-order valence-electron chi connectivity index (χ0n) is 43.7. The molecule has 0 aliphatic heterocycles. The summed E-state index contributed by atoms with van der Waals surface area (Å²) in [5, 5.41) is 22.9. The number of hydrogen-bond acceptors (Lipinski definition) is 5. The van der Waals surface area contributed by atoms with Crippen molar-refractivity contribution in [2.45, 2.75) is 328 Å². The van der Waals surface area contributed by atoms with Crippen molar-refractivity contribution in [1.82, 2.24) is 5.32 Å². The highest BCUT2D eigenvalue weighted by Gasteiger charge is 2.18. The number of aliphatic hydroxyl groups is 2. The Kier molecular flexibility index (Phi) is 53.5. The van der Waals surface area contributed by atoms with Gasteiger partial charge in [-0.25, -0.2) is 0 Å². The van der Waals surface area contributed by atoms with Gasteiger partial charge in [0, 0.05) is 12.8 Å². The second-order valence-corrected chi connectivity index (χ2v) is 20.0. The van der Waals surface area contributed by atoms with Crippen LogP contribution < -0.4 is 5.32 Å². The number of rotatable bonds is 54. The number of ether oxygens (including phenoxy) is 1. The standard InChI is InChI=1S/C59H113NO5/c1-3-5-7-9-11-13-14-29-33-37-41-45-49-53-59(64)65-54-50-46-42-38-34-31-28-26-24-22-20-18-16-15-17-19-21-23-25-27-30-32-36-40-44-48-52-58(63)60-56(55-61)57(62)51-47-43-39-35-12-10-8-6-4-2/h15,17,47,51,56-57,61-62H,3-14,16,18-46,48-50,52-55H2,1-2H3,(H,60,63)/b17-15-,51-47+. The summed E-state index contributed by atoms with van der Waals surface area (Å²) in [7, 11) is 0. The van der Waals surface area contributed by atoms with Gasteiger partial charge in [0.15, 0.2) is 0 Å². The van der Waals surface area contributed by atoms with Crippen molar-refractivity contribution in [3.63, 3.8) is 0 Å². The Morgan fingerprint density at radius 3 is 1.09 bits per heavy atom. The number of allylic oxidation sites excluding steroid dienone is 3. The Morgan fingerprint density at radius 1 is 0.415 bits per heavy atom. The summed E-state index contributed by atoms with van der Waals surface area (Å²) in [4.78, 5) is 24.4. The molecule has 0 bridgehead atoms. The van der Waals surface area contributed by atoms with Crippen molar-refractivity contribution in [3.8, 4) is 0 Å². The topological polar surface area (TPSA) is 95.9 Å². The van der Waals surface area contributed by atoms with Gasteiger partial charge in [-0.3, -0.25) is 9.59 Å². The van der Waals surface area contributed by atoms with E-state index in [9.17, 15) is 19.8 Å². The normalized spacial score (nSPS) is 12.7. The van der Waals surface area contributed by atoms with Gasteiger partial charge in [0.2, 0.25) is 5.91 Å². The molecule has 0 fully saturated rings. The maximum absolute atomic E-state index is 12.4. The fraction of sp³-hybridized carbons (Fsp3) is 0.898. The molecule has 6 nitrogen and oxygen atoms in total. The molecule has 0 aliphatic carbocycles. The fourth-order valence-electron chi connectivity index (χ4n) is 8.98. The van der Waals surface area contributed by atoms with E-state index in [2.05, 4.69) is 31.3 Å². The molecule has 2 unspecified atom stereocenters. The Hall–Kier alpha value is -1.66. The maximum Gasteiger partial charge on any atom is 0.305 e. The molecular weight excluding hydrogens is 803 g/mol. The van der Waals surface area contributed by atoms with E-state index in [1.54, 1.807) is 6.08 Å². The third-order valence-electron chi connectivity index (χ3n) is 13.5. The quantitative estimate of drug-likeness (QED) is 0.0321. The van der Waals surface area contributed by atoms with E-state index in [4.69, 9.17) is 4.74 Å². The van der Waals surface area contributed by atoms with E-state index >= 15 is 0 Å². The highest BCUT2D eigenvalue weighted by Crippen LogP contribution is 2.17. The molecule has 0 radical (unpaired) electrons. The molecule has 0 aromatic rings. The lowest BCUT2D eigenvalue weighted by Gasteiger charge is -2.20. The van der Waals surface area contributed by atoms with E-state index < -0.39 is 12.1 Å². The van der Waals surface area contributed by atoms with Crippen LogP contribution in [0.3, 0.4) is 0 Å². The van der Waals surface area contributed by atoms with Crippen LogP contribution >= 0.6 is 0 Å². The van der Waals surface area contributed by atoms with Gasteiger partial charge in [0.1, 0.15) is 0 Å². The number of hydrogen-bond donors (Lipinski definition) is 3. The summed E-state index contributed by atoms with van der Waals surface area (Å²) in [6.07, 6.45) is 66.5. The van der Waals surface area contributed by atoms with E-state index in [-0.39, 0.29) is 18.5 Å². The monoisotopic (exact) mass is 916 g/mol. The zero-order valence-corrected chi connectivity index (χ0v) is 43.7. The fourth-order valence-corrected chi connectivity index (χ4v) is 8.98. The second kappa shape index (κ2) is 54.9. The van der Waals surface area contributed by atoms with Crippen LogP contribution in [0.2, 0.25) is 0 Å². The number of aliphatic hydroxyl groups excluding tert-OH is 2. The molecule has 0 aromatic carbocycles. The highest BCUT2D eigenvalue weighted by molar-refractivity contribution is 5.76. The molecule has 0 aliphatic rings. The van der Waals surface area contributed by atoms with Crippen LogP contribution in [0, 0.1) is 0 Å². The minimum absolute atomic E-state index is 0.0153.